The van der Waals surface area contributed by atoms with E-state index in [1.54, 1.807) is 4.90 Å². The summed E-state index contributed by atoms with van der Waals surface area (Å²) in [4.78, 5) is 27.9. The van der Waals surface area contributed by atoms with Crippen LogP contribution in [0.15, 0.2) is 0 Å². The fourth-order valence-electron chi connectivity index (χ4n) is 3.92. The predicted octanol–water partition coefficient (Wildman–Crippen LogP) is 1.57. The largest absolute Gasteiger partial charge is 0.480 e. The topological polar surface area (TPSA) is 60.9 Å². The zero-order valence-electron chi connectivity index (χ0n) is 12.9. The molecule has 5 atom stereocenters. The number of carbonyl (C=O) groups is 2. The van der Waals surface area contributed by atoms with Crippen molar-refractivity contribution < 1.29 is 14.7 Å². The van der Waals surface area contributed by atoms with Gasteiger partial charge in [-0.15, -0.1) is 0 Å². The van der Waals surface area contributed by atoms with Crippen LogP contribution in [-0.4, -0.2) is 57.5 Å². The van der Waals surface area contributed by atoms with Gasteiger partial charge in [-0.3, -0.25) is 9.69 Å². The Labute approximate surface area is 120 Å². The van der Waals surface area contributed by atoms with Gasteiger partial charge in [0.1, 0.15) is 6.04 Å². The van der Waals surface area contributed by atoms with E-state index in [9.17, 15) is 14.7 Å². The smallest absolute Gasteiger partial charge is 0.326 e. The van der Waals surface area contributed by atoms with E-state index in [1.807, 2.05) is 13.8 Å². The summed E-state index contributed by atoms with van der Waals surface area (Å²) in [6.07, 6.45) is 3.00. The minimum absolute atomic E-state index is 0.0256. The molecule has 0 bridgehead atoms. The van der Waals surface area contributed by atoms with Crippen LogP contribution < -0.4 is 0 Å². The highest BCUT2D eigenvalue weighted by Crippen LogP contribution is 2.30. The second-order valence-electron chi connectivity index (χ2n) is 6.48. The summed E-state index contributed by atoms with van der Waals surface area (Å²) >= 11 is 0. The van der Waals surface area contributed by atoms with Crippen LogP contribution in [0.1, 0.15) is 47.0 Å². The SMILES string of the molecule is CC1CCN(C(=O)C(C)N2C(C)CCC2C)C1C(=O)O. The number of hydrogen-bond donors (Lipinski definition) is 1. The van der Waals surface area contributed by atoms with E-state index in [0.717, 1.165) is 19.3 Å². The number of carbonyl (C=O) groups excluding carboxylic acids is 1. The van der Waals surface area contributed by atoms with Gasteiger partial charge in [0.2, 0.25) is 5.91 Å². The Morgan fingerprint density at radius 1 is 1.10 bits per heavy atom. The molecule has 2 aliphatic heterocycles. The van der Waals surface area contributed by atoms with Crippen LogP contribution in [-0.2, 0) is 9.59 Å². The second-order valence-corrected chi connectivity index (χ2v) is 6.48. The molecule has 0 aromatic carbocycles. The number of likely N-dealkylation sites (tertiary alicyclic amines) is 2. The predicted molar refractivity (Wildman–Crippen MR) is 76.4 cm³/mol. The monoisotopic (exact) mass is 282 g/mol. The first-order valence-electron chi connectivity index (χ1n) is 7.65. The van der Waals surface area contributed by atoms with Crippen LogP contribution in [0, 0.1) is 5.92 Å². The average molecular weight is 282 g/mol. The lowest BCUT2D eigenvalue weighted by Gasteiger charge is -2.35. The fraction of sp³-hybridized carbons (Fsp3) is 0.867. The Bertz CT molecular complexity index is 389. The van der Waals surface area contributed by atoms with Crippen molar-refractivity contribution >= 4 is 11.9 Å². The van der Waals surface area contributed by atoms with Crippen LogP contribution >= 0.6 is 0 Å². The van der Waals surface area contributed by atoms with Gasteiger partial charge in [-0.1, -0.05) is 6.92 Å². The van der Waals surface area contributed by atoms with Gasteiger partial charge in [0.15, 0.2) is 0 Å². The molecule has 2 heterocycles. The molecular weight excluding hydrogens is 256 g/mol. The molecule has 0 saturated carbocycles. The van der Waals surface area contributed by atoms with Gasteiger partial charge in [0, 0.05) is 18.6 Å². The minimum atomic E-state index is -0.877. The number of carboxylic acid groups (broad SMARTS) is 1. The number of amides is 1. The highest BCUT2D eigenvalue weighted by molar-refractivity contribution is 5.87. The lowest BCUT2D eigenvalue weighted by atomic mass is 10.0. The van der Waals surface area contributed by atoms with Crippen molar-refractivity contribution in [3.8, 4) is 0 Å². The summed E-state index contributed by atoms with van der Waals surface area (Å²) in [6, 6.07) is -0.0904. The van der Waals surface area contributed by atoms with Crippen molar-refractivity contribution in [1.29, 1.82) is 0 Å². The quantitative estimate of drug-likeness (QED) is 0.853. The van der Waals surface area contributed by atoms with Crippen LogP contribution in [0.2, 0.25) is 0 Å². The molecule has 2 aliphatic rings. The van der Waals surface area contributed by atoms with E-state index in [1.165, 1.54) is 0 Å². The van der Waals surface area contributed by atoms with Gasteiger partial charge in [-0.25, -0.2) is 4.79 Å². The average Bonchev–Trinajstić information content (AvgIpc) is 2.91. The van der Waals surface area contributed by atoms with Gasteiger partial charge < -0.3 is 10.0 Å². The molecular formula is C15H26N2O3. The van der Waals surface area contributed by atoms with Crippen LogP contribution in [0.25, 0.3) is 0 Å². The molecule has 5 nitrogen and oxygen atoms in total. The van der Waals surface area contributed by atoms with Crippen LogP contribution in [0.5, 0.6) is 0 Å². The lowest BCUT2D eigenvalue weighted by Crippen LogP contribution is -2.53. The molecule has 5 heteroatoms. The van der Waals surface area contributed by atoms with Crippen LogP contribution in [0.3, 0.4) is 0 Å². The Balaban J connectivity index is 2.12. The van der Waals surface area contributed by atoms with Crippen molar-refractivity contribution in [2.24, 2.45) is 5.92 Å². The second kappa shape index (κ2) is 5.72. The number of hydrogen-bond acceptors (Lipinski definition) is 3. The van der Waals surface area contributed by atoms with Crippen LogP contribution in [0.4, 0.5) is 0 Å². The third-order valence-electron chi connectivity index (χ3n) is 5.06. The van der Waals surface area contributed by atoms with Crippen molar-refractivity contribution in [3.63, 3.8) is 0 Å². The molecule has 1 N–H and O–H groups in total. The third kappa shape index (κ3) is 2.55. The Kier molecular flexibility index (Phi) is 4.37. The van der Waals surface area contributed by atoms with Crippen molar-refractivity contribution in [2.75, 3.05) is 6.54 Å². The first-order chi connectivity index (χ1) is 9.34. The van der Waals surface area contributed by atoms with Crippen molar-refractivity contribution in [1.82, 2.24) is 9.80 Å². The summed E-state index contributed by atoms with van der Waals surface area (Å²) in [5, 5.41) is 9.35. The molecule has 0 aliphatic carbocycles. The molecule has 114 valence electrons. The molecule has 2 rings (SSSR count). The number of carboxylic acids is 1. The fourth-order valence-corrected chi connectivity index (χ4v) is 3.92. The molecule has 2 fully saturated rings. The van der Waals surface area contributed by atoms with Gasteiger partial charge in [0.05, 0.1) is 6.04 Å². The first-order valence-corrected chi connectivity index (χ1v) is 7.65. The molecule has 0 aromatic heterocycles. The Morgan fingerprint density at radius 2 is 1.65 bits per heavy atom. The molecule has 5 unspecified atom stereocenters. The van der Waals surface area contributed by atoms with Gasteiger partial charge in [0.25, 0.3) is 0 Å². The zero-order chi connectivity index (χ0) is 15.0. The van der Waals surface area contributed by atoms with Crippen molar-refractivity contribution in [2.45, 2.75) is 71.1 Å². The highest BCUT2D eigenvalue weighted by atomic mass is 16.4. The highest BCUT2D eigenvalue weighted by Gasteiger charge is 2.43. The lowest BCUT2D eigenvalue weighted by molar-refractivity contribution is -0.151. The standard InChI is InChI=1S/C15H26N2O3/c1-9-7-8-16(13(9)15(19)20)14(18)12(4)17-10(2)5-6-11(17)3/h9-13H,5-8H2,1-4H3,(H,19,20). The summed E-state index contributed by atoms with van der Waals surface area (Å²) in [5.41, 5.74) is 0. The van der Waals surface area contributed by atoms with E-state index in [2.05, 4.69) is 18.7 Å². The molecule has 0 aromatic rings. The Morgan fingerprint density at radius 3 is 2.15 bits per heavy atom. The van der Waals surface area contributed by atoms with Crippen molar-refractivity contribution in [3.05, 3.63) is 0 Å². The third-order valence-corrected chi connectivity index (χ3v) is 5.06. The zero-order valence-corrected chi connectivity index (χ0v) is 12.9. The van der Waals surface area contributed by atoms with E-state index < -0.39 is 12.0 Å². The normalized spacial score (nSPS) is 36.3. The van der Waals surface area contributed by atoms with E-state index in [0.29, 0.717) is 18.6 Å². The summed E-state index contributed by atoms with van der Waals surface area (Å²) in [7, 11) is 0. The maximum absolute atomic E-state index is 12.7. The molecule has 20 heavy (non-hydrogen) atoms. The number of nitrogens with zero attached hydrogens (tertiary/aromatic N) is 2. The van der Waals surface area contributed by atoms with Gasteiger partial charge in [-0.2, -0.15) is 0 Å². The molecule has 1 amide bonds. The number of aliphatic carboxylic acids is 1. The van der Waals surface area contributed by atoms with Gasteiger partial charge in [-0.05, 0) is 46.0 Å². The van der Waals surface area contributed by atoms with Gasteiger partial charge >= 0.3 is 5.97 Å². The first kappa shape index (κ1) is 15.3. The Hall–Kier alpha value is -1.10. The maximum atomic E-state index is 12.7. The molecule has 0 radical (unpaired) electrons. The summed E-state index contributed by atoms with van der Waals surface area (Å²) in [5.74, 6) is -0.863. The maximum Gasteiger partial charge on any atom is 0.326 e. The molecule has 2 saturated heterocycles. The number of rotatable bonds is 3. The van der Waals surface area contributed by atoms with E-state index in [4.69, 9.17) is 0 Å². The molecule has 0 spiro atoms. The van der Waals surface area contributed by atoms with E-state index >= 15 is 0 Å². The van der Waals surface area contributed by atoms with E-state index in [-0.39, 0.29) is 17.9 Å². The minimum Gasteiger partial charge on any atom is -0.480 e. The summed E-state index contributed by atoms with van der Waals surface area (Å²) in [6.45, 7) is 8.70. The summed E-state index contributed by atoms with van der Waals surface area (Å²) < 4.78 is 0.